The quantitative estimate of drug-likeness (QED) is 0.688. The van der Waals surface area contributed by atoms with Crippen molar-refractivity contribution < 1.29 is 8.42 Å². The van der Waals surface area contributed by atoms with E-state index in [1.165, 1.54) is 0 Å². The topological polar surface area (TPSA) is 58.2 Å². The Morgan fingerprint density at radius 1 is 1.14 bits per heavy atom. The third-order valence-electron chi connectivity index (χ3n) is 4.04. The van der Waals surface area contributed by atoms with Gasteiger partial charge in [-0.2, -0.15) is 0 Å². The van der Waals surface area contributed by atoms with Crippen LogP contribution in [0.4, 0.5) is 0 Å². The molecule has 1 aromatic carbocycles. The van der Waals surface area contributed by atoms with E-state index in [0.29, 0.717) is 11.4 Å². The smallest absolute Gasteiger partial charge is 0.240 e. The van der Waals surface area contributed by atoms with Crippen LogP contribution in [0.1, 0.15) is 38.7 Å². The van der Waals surface area contributed by atoms with Gasteiger partial charge in [-0.15, -0.1) is 0 Å². The summed E-state index contributed by atoms with van der Waals surface area (Å²) in [5, 5.41) is 3.34. The molecule has 0 spiro atoms. The predicted octanol–water partition coefficient (Wildman–Crippen LogP) is 2.31. The molecule has 1 fully saturated rings. The highest BCUT2D eigenvalue weighted by Crippen LogP contribution is 2.44. The summed E-state index contributed by atoms with van der Waals surface area (Å²) >= 11 is 0. The zero-order valence-electron chi connectivity index (χ0n) is 13.0. The standard InChI is InChI=1S/C16H26N2O2S/c1-3-11-17-12-8-14-4-6-15(7-5-14)21(19,20)18-13-16(2)9-10-16/h4-7,17-18H,3,8-13H2,1-2H3. The lowest BCUT2D eigenvalue weighted by molar-refractivity contribution is 0.530. The normalized spacial score (nSPS) is 16.9. The SMILES string of the molecule is CCCNCCc1ccc(S(=O)(=O)NCC2(C)CC2)cc1. The van der Waals surface area contributed by atoms with Crippen molar-refractivity contribution >= 4 is 10.0 Å². The maximum absolute atomic E-state index is 12.2. The first-order valence-electron chi connectivity index (χ1n) is 7.74. The van der Waals surface area contributed by atoms with Crippen molar-refractivity contribution in [3.63, 3.8) is 0 Å². The fourth-order valence-corrected chi connectivity index (χ4v) is 3.31. The second-order valence-corrected chi connectivity index (χ2v) is 8.05. The van der Waals surface area contributed by atoms with Gasteiger partial charge in [0.2, 0.25) is 10.0 Å². The highest BCUT2D eigenvalue weighted by molar-refractivity contribution is 7.89. The molecule has 5 heteroatoms. The van der Waals surface area contributed by atoms with Crippen molar-refractivity contribution in [1.82, 2.24) is 10.0 Å². The van der Waals surface area contributed by atoms with E-state index in [1.807, 2.05) is 12.1 Å². The number of nitrogens with one attached hydrogen (secondary N) is 2. The molecule has 1 aliphatic carbocycles. The number of hydrogen-bond donors (Lipinski definition) is 2. The molecule has 0 unspecified atom stereocenters. The summed E-state index contributed by atoms with van der Waals surface area (Å²) in [5.74, 6) is 0. The Morgan fingerprint density at radius 2 is 1.81 bits per heavy atom. The minimum absolute atomic E-state index is 0.179. The molecular formula is C16H26N2O2S. The second-order valence-electron chi connectivity index (χ2n) is 6.28. The number of benzene rings is 1. The zero-order valence-corrected chi connectivity index (χ0v) is 13.8. The molecule has 1 aliphatic rings. The third-order valence-corrected chi connectivity index (χ3v) is 5.46. The van der Waals surface area contributed by atoms with E-state index in [-0.39, 0.29) is 5.41 Å². The molecule has 118 valence electrons. The molecular weight excluding hydrogens is 284 g/mol. The average Bonchev–Trinajstić information content (AvgIpc) is 3.21. The molecule has 2 rings (SSSR count). The number of hydrogen-bond acceptors (Lipinski definition) is 3. The monoisotopic (exact) mass is 310 g/mol. The fraction of sp³-hybridized carbons (Fsp3) is 0.625. The van der Waals surface area contributed by atoms with Crippen molar-refractivity contribution in [2.24, 2.45) is 5.41 Å². The van der Waals surface area contributed by atoms with Gasteiger partial charge in [0.25, 0.3) is 0 Å². The third kappa shape index (κ3) is 5.09. The van der Waals surface area contributed by atoms with Crippen LogP contribution in [0.5, 0.6) is 0 Å². The van der Waals surface area contributed by atoms with E-state index in [9.17, 15) is 8.42 Å². The molecule has 0 heterocycles. The largest absolute Gasteiger partial charge is 0.316 e. The van der Waals surface area contributed by atoms with E-state index >= 15 is 0 Å². The van der Waals surface area contributed by atoms with Crippen LogP contribution in [-0.2, 0) is 16.4 Å². The van der Waals surface area contributed by atoms with Gasteiger partial charge >= 0.3 is 0 Å². The van der Waals surface area contributed by atoms with Gasteiger partial charge < -0.3 is 5.32 Å². The molecule has 0 saturated heterocycles. The molecule has 1 saturated carbocycles. The Balaban J connectivity index is 1.88. The van der Waals surface area contributed by atoms with E-state index in [1.54, 1.807) is 12.1 Å². The first-order chi connectivity index (χ1) is 9.95. The van der Waals surface area contributed by atoms with Gasteiger partial charge in [0, 0.05) is 6.54 Å². The molecule has 0 radical (unpaired) electrons. The van der Waals surface area contributed by atoms with Crippen LogP contribution in [0.15, 0.2) is 29.2 Å². The van der Waals surface area contributed by atoms with Crippen LogP contribution >= 0.6 is 0 Å². The van der Waals surface area contributed by atoms with Gasteiger partial charge in [-0.25, -0.2) is 13.1 Å². The van der Waals surface area contributed by atoms with Crippen molar-refractivity contribution in [2.75, 3.05) is 19.6 Å². The Bertz CT molecular complexity index is 548. The maximum Gasteiger partial charge on any atom is 0.240 e. The summed E-state index contributed by atoms with van der Waals surface area (Å²) in [6.45, 7) is 6.74. The molecule has 0 aromatic heterocycles. The summed E-state index contributed by atoms with van der Waals surface area (Å²) in [6, 6.07) is 7.21. The van der Waals surface area contributed by atoms with E-state index in [4.69, 9.17) is 0 Å². The highest BCUT2D eigenvalue weighted by atomic mass is 32.2. The molecule has 4 nitrogen and oxygen atoms in total. The lowest BCUT2D eigenvalue weighted by Crippen LogP contribution is -2.29. The first kappa shape index (κ1) is 16.5. The molecule has 0 aliphatic heterocycles. The van der Waals surface area contributed by atoms with Crippen molar-refractivity contribution in [3.8, 4) is 0 Å². The Hall–Kier alpha value is -0.910. The molecule has 0 amide bonds. The lowest BCUT2D eigenvalue weighted by atomic mass is 10.1. The van der Waals surface area contributed by atoms with Crippen molar-refractivity contribution in [1.29, 1.82) is 0 Å². The molecule has 21 heavy (non-hydrogen) atoms. The maximum atomic E-state index is 12.2. The van der Waals surface area contributed by atoms with Crippen LogP contribution in [0.3, 0.4) is 0 Å². The van der Waals surface area contributed by atoms with Crippen molar-refractivity contribution in [2.45, 2.75) is 44.4 Å². The van der Waals surface area contributed by atoms with E-state index in [0.717, 1.165) is 44.3 Å². The summed E-state index contributed by atoms with van der Waals surface area (Å²) in [4.78, 5) is 0.358. The molecule has 0 bridgehead atoms. The minimum atomic E-state index is -3.36. The Labute approximate surface area is 128 Å². The molecule has 0 atom stereocenters. The highest BCUT2D eigenvalue weighted by Gasteiger charge is 2.38. The van der Waals surface area contributed by atoms with Crippen LogP contribution in [0.25, 0.3) is 0 Å². The summed E-state index contributed by atoms with van der Waals surface area (Å²) in [6.07, 6.45) is 4.27. The Morgan fingerprint density at radius 3 is 2.38 bits per heavy atom. The van der Waals surface area contributed by atoms with Crippen LogP contribution < -0.4 is 10.0 Å². The first-order valence-corrected chi connectivity index (χ1v) is 9.23. The van der Waals surface area contributed by atoms with E-state index < -0.39 is 10.0 Å². The second kappa shape index (κ2) is 6.90. The van der Waals surface area contributed by atoms with Gasteiger partial charge in [-0.1, -0.05) is 26.0 Å². The summed E-state index contributed by atoms with van der Waals surface area (Å²) < 4.78 is 27.1. The predicted molar refractivity (Wildman–Crippen MR) is 85.8 cm³/mol. The van der Waals surface area contributed by atoms with Gasteiger partial charge in [0.05, 0.1) is 4.90 Å². The average molecular weight is 310 g/mol. The zero-order chi connectivity index (χ0) is 15.3. The van der Waals surface area contributed by atoms with Gasteiger partial charge in [-0.3, -0.25) is 0 Å². The molecule has 2 N–H and O–H groups in total. The van der Waals surface area contributed by atoms with Gasteiger partial charge in [0.1, 0.15) is 0 Å². The fourth-order valence-electron chi connectivity index (χ4n) is 2.11. The number of sulfonamides is 1. The van der Waals surface area contributed by atoms with Crippen LogP contribution in [-0.4, -0.2) is 28.1 Å². The van der Waals surface area contributed by atoms with E-state index in [2.05, 4.69) is 23.9 Å². The van der Waals surface area contributed by atoms with Crippen molar-refractivity contribution in [3.05, 3.63) is 29.8 Å². The van der Waals surface area contributed by atoms with Gasteiger partial charge in [0.15, 0.2) is 0 Å². The van der Waals surface area contributed by atoms with Crippen LogP contribution in [0, 0.1) is 5.41 Å². The summed E-state index contributed by atoms with van der Waals surface area (Å²) in [5.41, 5.74) is 1.34. The Kier molecular flexibility index (Phi) is 5.41. The van der Waals surface area contributed by atoms with Gasteiger partial charge in [-0.05, 0) is 61.9 Å². The minimum Gasteiger partial charge on any atom is -0.316 e. The van der Waals surface area contributed by atoms with Crippen LogP contribution in [0.2, 0.25) is 0 Å². The number of rotatable bonds is 9. The summed E-state index contributed by atoms with van der Waals surface area (Å²) in [7, 11) is -3.36. The lowest BCUT2D eigenvalue weighted by Gasteiger charge is -2.11. The molecule has 1 aromatic rings.